The van der Waals surface area contributed by atoms with E-state index >= 15 is 0 Å². The normalized spacial score (nSPS) is 10.1. The third-order valence-electron chi connectivity index (χ3n) is 2.47. The van der Waals surface area contributed by atoms with Gasteiger partial charge in [0.2, 0.25) is 5.91 Å². The van der Waals surface area contributed by atoms with Crippen LogP contribution in [0.3, 0.4) is 0 Å². The second-order valence-electron chi connectivity index (χ2n) is 3.95. The molecular weight excluding hydrogens is 234 g/mol. The number of unbranched alkanes of at least 4 members (excludes halogenated alkanes) is 2. The quantitative estimate of drug-likeness (QED) is 0.440. The number of hydrogen-bond donors (Lipinski definition) is 2. The van der Waals surface area contributed by atoms with Crippen molar-refractivity contribution in [3.63, 3.8) is 0 Å². The second-order valence-corrected chi connectivity index (χ2v) is 3.95. The van der Waals surface area contributed by atoms with Gasteiger partial charge < -0.3 is 11.1 Å². The molecule has 0 heterocycles. The van der Waals surface area contributed by atoms with Crippen LogP contribution >= 0.6 is 0 Å². The maximum absolute atomic E-state index is 11.5. The Balaban J connectivity index is 2.37. The molecule has 0 unspecified atom stereocenters. The number of carbonyl (C=O) groups is 1. The molecule has 0 aliphatic rings. The topological polar surface area (TPSA) is 98.3 Å². The fourth-order valence-corrected chi connectivity index (χ4v) is 1.50. The zero-order chi connectivity index (χ0) is 13.4. The van der Waals surface area contributed by atoms with E-state index in [2.05, 4.69) is 5.32 Å². The Morgan fingerprint density at radius 3 is 2.44 bits per heavy atom. The molecule has 1 rings (SSSR count). The first-order chi connectivity index (χ1) is 8.63. The minimum Gasteiger partial charge on any atom is -0.330 e. The molecule has 0 bridgehead atoms. The Hall–Kier alpha value is -1.95. The zero-order valence-electron chi connectivity index (χ0n) is 10.1. The van der Waals surface area contributed by atoms with Crippen LogP contribution < -0.4 is 11.1 Å². The van der Waals surface area contributed by atoms with Crippen molar-refractivity contribution in [2.45, 2.75) is 25.7 Å². The lowest BCUT2D eigenvalue weighted by molar-refractivity contribution is -0.384. The first-order valence-corrected chi connectivity index (χ1v) is 5.88. The van der Waals surface area contributed by atoms with E-state index in [1.54, 1.807) is 0 Å². The maximum atomic E-state index is 11.5. The summed E-state index contributed by atoms with van der Waals surface area (Å²) in [5.74, 6) is -0.0825. The summed E-state index contributed by atoms with van der Waals surface area (Å²) in [6, 6.07) is 5.78. The number of anilines is 1. The van der Waals surface area contributed by atoms with Crippen LogP contribution in [0.5, 0.6) is 0 Å². The third-order valence-corrected chi connectivity index (χ3v) is 2.47. The Bertz CT molecular complexity index is 404. The molecule has 1 aromatic carbocycles. The highest BCUT2D eigenvalue weighted by atomic mass is 16.6. The molecule has 6 nitrogen and oxygen atoms in total. The second kappa shape index (κ2) is 7.39. The fourth-order valence-electron chi connectivity index (χ4n) is 1.50. The van der Waals surface area contributed by atoms with Gasteiger partial charge in [0, 0.05) is 24.2 Å². The van der Waals surface area contributed by atoms with Crippen LogP contribution in [0.2, 0.25) is 0 Å². The van der Waals surface area contributed by atoms with E-state index < -0.39 is 4.92 Å². The summed E-state index contributed by atoms with van der Waals surface area (Å²) in [5.41, 5.74) is 5.94. The van der Waals surface area contributed by atoms with E-state index in [4.69, 9.17) is 5.73 Å². The van der Waals surface area contributed by atoms with Gasteiger partial charge in [-0.1, -0.05) is 6.42 Å². The fraction of sp³-hybridized carbons (Fsp3) is 0.417. The van der Waals surface area contributed by atoms with Crippen molar-refractivity contribution in [1.82, 2.24) is 0 Å². The lowest BCUT2D eigenvalue weighted by Gasteiger charge is -2.04. The molecule has 0 atom stereocenters. The lowest BCUT2D eigenvalue weighted by Crippen LogP contribution is -2.11. The number of nitro benzene ring substituents is 1. The molecule has 1 amide bonds. The summed E-state index contributed by atoms with van der Waals surface area (Å²) in [6.45, 7) is 0.643. The van der Waals surface area contributed by atoms with Gasteiger partial charge >= 0.3 is 0 Å². The van der Waals surface area contributed by atoms with Gasteiger partial charge in [-0.05, 0) is 31.5 Å². The molecule has 0 fully saturated rings. The van der Waals surface area contributed by atoms with E-state index in [-0.39, 0.29) is 11.6 Å². The van der Waals surface area contributed by atoms with Gasteiger partial charge in [-0.15, -0.1) is 0 Å². The van der Waals surface area contributed by atoms with E-state index in [9.17, 15) is 14.9 Å². The monoisotopic (exact) mass is 251 g/mol. The highest BCUT2D eigenvalue weighted by Crippen LogP contribution is 2.15. The van der Waals surface area contributed by atoms with Gasteiger partial charge in [0.15, 0.2) is 0 Å². The van der Waals surface area contributed by atoms with Crippen molar-refractivity contribution < 1.29 is 9.72 Å². The predicted octanol–water partition coefficient (Wildman–Crippen LogP) is 2.05. The molecule has 0 aliphatic carbocycles. The number of amides is 1. The van der Waals surface area contributed by atoms with Gasteiger partial charge in [0.05, 0.1) is 4.92 Å². The van der Waals surface area contributed by atoms with Crippen LogP contribution in [0.15, 0.2) is 24.3 Å². The number of nitro groups is 1. The number of rotatable bonds is 7. The van der Waals surface area contributed by atoms with Crippen LogP contribution in [0, 0.1) is 10.1 Å². The molecule has 0 aromatic heterocycles. The largest absolute Gasteiger partial charge is 0.330 e. The highest BCUT2D eigenvalue weighted by Gasteiger charge is 2.06. The Morgan fingerprint density at radius 1 is 1.22 bits per heavy atom. The average molecular weight is 251 g/mol. The van der Waals surface area contributed by atoms with Gasteiger partial charge in [-0.25, -0.2) is 0 Å². The number of nitrogens with zero attached hydrogens (tertiary/aromatic N) is 1. The molecule has 18 heavy (non-hydrogen) atoms. The number of carbonyl (C=O) groups excluding carboxylic acids is 1. The molecule has 0 spiro atoms. The SMILES string of the molecule is NCCCCCC(=O)Nc1ccc([N+](=O)[O-])cc1. The van der Waals surface area contributed by atoms with Crippen molar-refractivity contribution in [1.29, 1.82) is 0 Å². The van der Waals surface area contributed by atoms with E-state index in [1.165, 1.54) is 24.3 Å². The molecule has 6 heteroatoms. The number of benzene rings is 1. The van der Waals surface area contributed by atoms with Gasteiger partial charge in [-0.2, -0.15) is 0 Å². The molecule has 1 aromatic rings. The van der Waals surface area contributed by atoms with Crippen molar-refractivity contribution in [3.8, 4) is 0 Å². The smallest absolute Gasteiger partial charge is 0.269 e. The van der Waals surface area contributed by atoms with E-state index in [0.717, 1.165) is 19.3 Å². The van der Waals surface area contributed by atoms with E-state index in [0.29, 0.717) is 18.7 Å². The first kappa shape index (κ1) is 14.1. The van der Waals surface area contributed by atoms with Crippen molar-refractivity contribution in [3.05, 3.63) is 34.4 Å². The maximum Gasteiger partial charge on any atom is 0.269 e. The molecule has 0 saturated heterocycles. The molecule has 3 N–H and O–H groups in total. The summed E-state index contributed by atoms with van der Waals surface area (Å²) >= 11 is 0. The van der Waals surface area contributed by atoms with Crippen molar-refractivity contribution in [2.24, 2.45) is 5.73 Å². The van der Waals surface area contributed by atoms with Gasteiger partial charge in [0.1, 0.15) is 0 Å². The average Bonchev–Trinajstić information content (AvgIpc) is 2.35. The van der Waals surface area contributed by atoms with Crippen LogP contribution in [0.1, 0.15) is 25.7 Å². The van der Waals surface area contributed by atoms with Crippen LogP contribution in [-0.2, 0) is 4.79 Å². The molecule has 0 saturated carbocycles. The van der Waals surface area contributed by atoms with Crippen LogP contribution in [-0.4, -0.2) is 17.4 Å². The molecule has 0 radical (unpaired) electrons. The number of non-ortho nitro benzene ring substituents is 1. The summed E-state index contributed by atoms with van der Waals surface area (Å²) in [5, 5.41) is 13.1. The highest BCUT2D eigenvalue weighted by molar-refractivity contribution is 5.90. The third kappa shape index (κ3) is 4.92. The number of nitrogens with one attached hydrogen (secondary N) is 1. The Labute approximate surface area is 105 Å². The van der Waals surface area contributed by atoms with Gasteiger partial charge in [0.25, 0.3) is 5.69 Å². The molecule has 98 valence electrons. The minimum absolute atomic E-state index is 0.0101. The standard InChI is InChI=1S/C12H17N3O3/c13-9-3-1-2-4-12(16)14-10-5-7-11(8-6-10)15(17)18/h5-8H,1-4,9,13H2,(H,14,16). The summed E-state index contributed by atoms with van der Waals surface area (Å²) in [7, 11) is 0. The van der Waals surface area contributed by atoms with E-state index in [1.807, 2.05) is 0 Å². The zero-order valence-corrected chi connectivity index (χ0v) is 10.1. The van der Waals surface area contributed by atoms with Crippen LogP contribution in [0.4, 0.5) is 11.4 Å². The Kier molecular flexibility index (Phi) is 5.79. The lowest BCUT2D eigenvalue weighted by atomic mass is 10.2. The molecule has 0 aliphatic heterocycles. The van der Waals surface area contributed by atoms with Crippen molar-refractivity contribution in [2.75, 3.05) is 11.9 Å². The summed E-state index contributed by atoms with van der Waals surface area (Å²) in [4.78, 5) is 21.5. The summed E-state index contributed by atoms with van der Waals surface area (Å²) < 4.78 is 0. The Morgan fingerprint density at radius 2 is 1.89 bits per heavy atom. The van der Waals surface area contributed by atoms with Crippen molar-refractivity contribution >= 4 is 17.3 Å². The first-order valence-electron chi connectivity index (χ1n) is 5.88. The minimum atomic E-state index is -0.474. The number of nitrogens with two attached hydrogens (primary N) is 1. The van der Waals surface area contributed by atoms with Gasteiger partial charge in [-0.3, -0.25) is 14.9 Å². The molecular formula is C12H17N3O3. The van der Waals surface area contributed by atoms with Crippen LogP contribution in [0.25, 0.3) is 0 Å². The predicted molar refractivity (Wildman–Crippen MR) is 69.2 cm³/mol. The number of hydrogen-bond acceptors (Lipinski definition) is 4. The summed E-state index contributed by atoms with van der Waals surface area (Å²) in [6.07, 6.45) is 3.10.